The Morgan fingerprint density at radius 3 is 2.23 bits per heavy atom. The summed E-state index contributed by atoms with van der Waals surface area (Å²) in [4.78, 5) is 11.5. The summed E-state index contributed by atoms with van der Waals surface area (Å²) in [7, 11) is 0. The lowest BCUT2D eigenvalue weighted by Gasteiger charge is -2.03. The quantitative estimate of drug-likeness (QED) is 0.237. The van der Waals surface area contributed by atoms with E-state index in [2.05, 4.69) is 32.6 Å². The Morgan fingerprint density at radius 2 is 1.73 bits per heavy atom. The molecule has 0 radical (unpaired) electrons. The van der Waals surface area contributed by atoms with E-state index >= 15 is 0 Å². The molecule has 0 aliphatic heterocycles. The molecule has 120 valence electrons. The Balaban J connectivity index is 4.33. The highest BCUT2D eigenvalue weighted by molar-refractivity contribution is 5.94. The smallest absolute Gasteiger partial charge is 0.158 e. The van der Waals surface area contributed by atoms with Crippen molar-refractivity contribution in [3.8, 4) is 6.07 Å². The Bertz CT molecular complexity index is 524. The van der Waals surface area contributed by atoms with Crippen LogP contribution in [-0.4, -0.2) is 5.78 Å². The Kier molecular flexibility index (Phi) is 9.87. The minimum atomic E-state index is 0.145. The highest BCUT2D eigenvalue weighted by atomic mass is 16.1. The summed E-state index contributed by atoms with van der Waals surface area (Å²) in [5, 5.41) is 9.01. The van der Waals surface area contributed by atoms with Gasteiger partial charge < -0.3 is 0 Å². The minimum Gasteiger partial charge on any atom is -0.295 e. The second-order valence-electron chi connectivity index (χ2n) is 6.19. The van der Waals surface area contributed by atoms with E-state index in [1.807, 2.05) is 26.0 Å². The van der Waals surface area contributed by atoms with E-state index in [0.29, 0.717) is 12.0 Å². The fourth-order valence-electron chi connectivity index (χ4n) is 1.85. The highest BCUT2D eigenvalue weighted by Gasteiger charge is 2.02. The van der Waals surface area contributed by atoms with Crippen LogP contribution in [0.4, 0.5) is 0 Å². The van der Waals surface area contributed by atoms with Crippen LogP contribution in [0.5, 0.6) is 0 Å². The molecule has 0 fully saturated rings. The van der Waals surface area contributed by atoms with Crippen LogP contribution in [0.2, 0.25) is 0 Å². The summed E-state index contributed by atoms with van der Waals surface area (Å²) in [6, 6.07) is 2.23. The molecule has 0 rings (SSSR count). The van der Waals surface area contributed by atoms with Gasteiger partial charge in [-0.2, -0.15) is 5.26 Å². The fourth-order valence-corrected chi connectivity index (χ4v) is 1.85. The van der Waals surface area contributed by atoms with Crippen molar-refractivity contribution < 1.29 is 4.79 Å². The summed E-state index contributed by atoms with van der Waals surface area (Å²) >= 11 is 0. The van der Waals surface area contributed by atoms with Crippen LogP contribution in [0.25, 0.3) is 0 Å². The molecule has 0 bridgehead atoms. The van der Waals surface area contributed by atoms with E-state index in [9.17, 15) is 4.79 Å². The molecule has 0 atom stereocenters. The van der Waals surface area contributed by atoms with E-state index in [1.54, 1.807) is 6.92 Å². The highest BCUT2D eigenvalue weighted by Crippen LogP contribution is 2.13. The lowest BCUT2D eigenvalue weighted by Crippen LogP contribution is -1.98. The third kappa shape index (κ3) is 9.13. The third-order valence-corrected chi connectivity index (χ3v) is 3.55. The third-order valence-electron chi connectivity index (χ3n) is 3.55. The number of Topliss-reactive ketones (excluding diaryl/α,β-unsaturated/α-hetero) is 1. The summed E-state index contributed by atoms with van der Waals surface area (Å²) in [6.45, 7) is 13.6. The number of carbonyl (C=O) groups is 1. The van der Waals surface area contributed by atoms with Gasteiger partial charge in [-0.05, 0) is 57.6 Å². The molecule has 0 aromatic heterocycles. The summed E-state index contributed by atoms with van der Waals surface area (Å²) < 4.78 is 0. The van der Waals surface area contributed by atoms with Gasteiger partial charge in [-0.3, -0.25) is 4.79 Å². The first-order valence-electron chi connectivity index (χ1n) is 7.89. The van der Waals surface area contributed by atoms with Crippen LogP contribution >= 0.6 is 0 Å². The zero-order valence-electron chi connectivity index (χ0n) is 14.7. The molecule has 0 saturated carbocycles. The number of rotatable bonds is 9. The molecule has 0 aromatic carbocycles. The van der Waals surface area contributed by atoms with Crippen LogP contribution < -0.4 is 0 Å². The molecule has 0 amide bonds. The maximum Gasteiger partial charge on any atom is 0.158 e. The zero-order valence-corrected chi connectivity index (χ0v) is 14.7. The van der Waals surface area contributed by atoms with Gasteiger partial charge in [0.15, 0.2) is 5.78 Å². The predicted octanol–water partition coefficient (Wildman–Crippen LogP) is 5.69. The fraction of sp³-hybridized carbons (Fsp3) is 0.500. The second kappa shape index (κ2) is 10.8. The number of nitriles is 1. The number of allylic oxidation sites excluding steroid dienone is 7. The number of hydrogen-bond donors (Lipinski definition) is 0. The molecular formula is C20H29NO. The lowest BCUT2D eigenvalue weighted by atomic mass is 10.0. The maximum atomic E-state index is 11.5. The van der Waals surface area contributed by atoms with Crippen molar-refractivity contribution in [1.82, 2.24) is 0 Å². The molecule has 0 saturated heterocycles. The molecule has 2 nitrogen and oxygen atoms in total. The normalized spacial score (nSPS) is 13.2. The van der Waals surface area contributed by atoms with E-state index < -0.39 is 0 Å². The predicted molar refractivity (Wildman–Crippen MR) is 94.3 cm³/mol. The molecule has 0 spiro atoms. The van der Waals surface area contributed by atoms with E-state index in [-0.39, 0.29) is 11.7 Å². The SMILES string of the molecule is C=C(C)C(=O)CC/C(C)=C/CC/C(C)=C/C=C(\C#N)C(C)C. The summed E-state index contributed by atoms with van der Waals surface area (Å²) in [5.74, 6) is 0.411. The van der Waals surface area contributed by atoms with Crippen LogP contribution in [-0.2, 0) is 4.79 Å². The Morgan fingerprint density at radius 1 is 1.09 bits per heavy atom. The molecule has 0 aliphatic carbocycles. The Hall–Kier alpha value is -1.88. The van der Waals surface area contributed by atoms with Gasteiger partial charge in [-0.1, -0.05) is 43.7 Å². The van der Waals surface area contributed by atoms with Crippen LogP contribution in [0.15, 0.2) is 47.1 Å². The summed E-state index contributed by atoms with van der Waals surface area (Å²) in [5.41, 5.74) is 3.95. The van der Waals surface area contributed by atoms with Gasteiger partial charge in [0.05, 0.1) is 6.07 Å². The minimum absolute atomic E-state index is 0.145. The van der Waals surface area contributed by atoms with Gasteiger partial charge in [0.25, 0.3) is 0 Å². The number of nitrogens with zero attached hydrogens (tertiary/aromatic N) is 1. The van der Waals surface area contributed by atoms with Gasteiger partial charge >= 0.3 is 0 Å². The number of hydrogen-bond acceptors (Lipinski definition) is 2. The first-order valence-corrected chi connectivity index (χ1v) is 7.89. The maximum absolute atomic E-state index is 11.5. The number of carbonyl (C=O) groups excluding carboxylic acids is 1. The monoisotopic (exact) mass is 299 g/mol. The largest absolute Gasteiger partial charge is 0.295 e. The van der Waals surface area contributed by atoms with Crippen LogP contribution in [0.1, 0.15) is 60.3 Å². The van der Waals surface area contributed by atoms with Crippen molar-refractivity contribution in [3.63, 3.8) is 0 Å². The molecule has 2 heteroatoms. The van der Waals surface area contributed by atoms with E-state index in [0.717, 1.165) is 24.8 Å². The van der Waals surface area contributed by atoms with Crippen molar-refractivity contribution in [3.05, 3.63) is 47.1 Å². The molecule has 0 N–H and O–H groups in total. The zero-order chi connectivity index (χ0) is 17.1. The molecule has 0 unspecified atom stereocenters. The number of ketones is 1. The second-order valence-corrected chi connectivity index (χ2v) is 6.19. The van der Waals surface area contributed by atoms with E-state index in [1.165, 1.54) is 11.1 Å². The molecule has 22 heavy (non-hydrogen) atoms. The molecule has 0 aliphatic rings. The van der Waals surface area contributed by atoms with Crippen LogP contribution in [0, 0.1) is 17.2 Å². The van der Waals surface area contributed by atoms with Crippen molar-refractivity contribution in [1.29, 1.82) is 5.26 Å². The van der Waals surface area contributed by atoms with Crippen molar-refractivity contribution in [2.45, 2.75) is 60.3 Å². The lowest BCUT2D eigenvalue weighted by molar-refractivity contribution is -0.115. The van der Waals surface area contributed by atoms with Crippen LogP contribution in [0.3, 0.4) is 0 Å². The van der Waals surface area contributed by atoms with Gasteiger partial charge in [0.1, 0.15) is 0 Å². The average Bonchev–Trinajstić information content (AvgIpc) is 2.44. The molecular weight excluding hydrogens is 270 g/mol. The first kappa shape index (κ1) is 20.1. The van der Waals surface area contributed by atoms with Crippen molar-refractivity contribution >= 4 is 5.78 Å². The van der Waals surface area contributed by atoms with Gasteiger partial charge in [-0.25, -0.2) is 0 Å². The van der Waals surface area contributed by atoms with Gasteiger partial charge in [0, 0.05) is 12.0 Å². The average molecular weight is 299 g/mol. The van der Waals surface area contributed by atoms with Crippen molar-refractivity contribution in [2.24, 2.45) is 5.92 Å². The Labute approximate surface area is 135 Å². The first-order chi connectivity index (χ1) is 10.3. The topological polar surface area (TPSA) is 40.9 Å². The van der Waals surface area contributed by atoms with Gasteiger partial charge in [-0.15, -0.1) is 0 Å². The molecule has 0 aromatic rings. The van der Waals surface area contributed by atoms with Gasteiger partial charge in [0.2, 0.25) is 0 Å². The molecule has 0 heterocycles. The van der Waals surface area contributed by atoms with E-state index in [4.69, 9.17) is 5.26 Å². The summed E-state index contributed by atoms with van der Waals surface area (Å²) in [6.07, 6.45) is 9.44. The van der Waals surface area contributed by atoms with Crippen molar-refractivity contribution in [2.75, 3.05) is 0 Å². The standard InChI is InChI=1S/C20H29NO/c1-15(2)19(14-21)12-10-17(5)8-7-9-18(6)11-13-20(22)16(3)4/h9-10,12,15H,3,7-8,11,13H2,1-2,4-6H3/b17-10+,18-9+,19-12+.